The number of rotatable bonds is 5. The van der Waals surface area contributed by atoms with Crippen LogP contribution in [-0.2, 0) is 9.53 Å². The average molecular weight is 334 g/mol. The number of hydrogen-bond acceptors (Lipinski definition) is 4. The normalized spacial score (nSPS) is 20.2. The van der Waals surface area contributed by atoms with Gasteiger partial charge in [0.25, 0.3) is 11.8 Å². The fraction of sp³-hybridized carbons (Fsp3) is 0.471. The first-order chi connectivity index (χ1) is 11.3. The van der Waals surface area contributed by atoms with Crippen LogP contribution in [-0.4, -0.2) is 59.6 Å². The Morgan fingerprint density at radius 3 is 2.29 bits per heavy atom. The van der Waals surface area contributed by atoms with Crippen molar-refractivity contribution in [1.29, 1.82) is 0 Å². The predicted octanol–water partition coefficient (Wildman–Crippen LogP) is 1.14. The zero-order valence-corrected chi connectivity index (χ0v) is 14.0. The number of amides is 2. The van der Waals surface area contributed by atoms with E-state index in [0.717, 1.165) is 0 Å². The second kappa shape index (κ2) is 7.44. The van der Waals surface area contributed by atoms with E-state index in [0.29, 0.717) is 11.1 Å². The van der Waals surface area contributed by atoms with Gasteiger partial charge in [0.1, 0.15) is 6.04 Å². The first-order valence-electron chi connectivity index (χ1n) is 7.81. The van der Waals surface area contributed by atoms with Gasteiger partial charge in [-0.25, -0.2) is 4.79 Å². The maximum Gasteiger partial charge on any atom is 0.326 e. The Labute approximate surface area is 140 Å². The summed E-state index contributed by atoms with van der Waals surface area (Å²) in [6, 6.07) is 5.32. The lowest BCUT2D eigenvalue weighted by Gasteiger charge is -2.21. The predicted molar refractivity (Wildman–Crippen MR) is 86.9 cm³/mol. The van der Waals surface area contributed by atoms with Crippen LogP contribution >= 0.6 is 0 Å². The van der Waals surface area contributed by atoms with Crippen LogP contribution in [0.3, 0.4) is 0 Å². The fourth-order valence-electron chi connectivity index (χ4n) is 2.70. The first kappa shape index (κ1) is 17.9. The molecule has 2 rings (SSSR count). The van der Waals surface area contributed by atoms with Crippen molar-refractivity contribution in [3.05, 3.63) is 35.4 Å². The van der Waals surface area contributed by atoms with E-state index in [1.165, 1.54) is 24.1 Å². The third-order valence-corrected chi connectivity index (χ3v) is 3.96. The van der Waals surface area contributed by atoms with Crippen molar-refractivity contribution in [1.82, 2.24) is 10.2 Å². The van der Waals surface area contributed by atoms with Gasteiger partial charge in [-0.05, 0) is 38.1 Å². The van der Waals surface area contributed by atoms with Crippen molar-refractivity contribution < 1.29 is 24.2 Å². The third kappa shape index (κ3) is 3.91. The second-order valence-corrected chi connectivity index (χ2v) is 6.11. The number of benzene rings is 1. The lowest BCUT2D eigenvalue weighted by molar-refractivity contribution is -0.141. The van der Waals surface area contributed by atoms with Crippen LogP contribution in [0.5, 0.6) is 0 Å². The van der Waals surface area contributed by atoms with Crippen LogP contribution in [0.15, 0.2) is 24.3 Å². The molecule has 7 nitrogen and oxygen atoms in total. The number of carboxylic acid groups (broad SMARTS) is 1. The molecule has 2 N–H and O–H groups in total. The molecule has 0 bridgehead atoms. The van der Waals surface area contributed by atoms with Crippen molar-refractivity contribution in [2.75, 3.05) is 13.7 Å². The van der Waals surface area contributed by atoms with Crippen molar-refractivity contribution in [3.63, 3.8) is 0 Å². The van der Waals surface area contributed by atoms with E-state index in [9.17, 15) is 19.5 Å². The van der Waals surface area contributed by atoms with Gasteiger partial charge in [-0.1, -0.05) is 0 Å². The molecule has 2 unspecified atom stereocenters. The van der Waals surface area contributed by atoms with Gasteiger partial charge in [-0.3, -0.25) is 9.59 Å². The largest absolute Gasteiger partial charge is 0.480 e. The highest BCUT2D eigenvalue weighted by Crippen LogP contribution is 2.23. The van der Waals surface area contributed by atoms with E-state index in [1.54, 1.807) is 12.1 Å². The van der Waals surface area contributed by atoms with Gasteiger partial charge in [-0.2, -0.15) is 0 Å². The van der Waals surface area contributed by atoms with Crippen LogP contribution in [0.2, 0.25) is 0 Å². The molecule has 24 heavy (non-hydrogen) atoms. The second-order valence-electron chi connectivity index (χ2n) is 6.11. The summed E-state index contributed by atoms with van der Waals surface area (Å²) in [5, 5.41) is 12.1. The summed E-state index contributed by atoms with van der Waals surface area (Å²) < 4.78 is 5.19. The number of carbonyl (C=O) groups excluding carboxylic acids is 2. The topological polar surface area (TPSA) is 95.9 Å². The molecule has 0 saturated carbocycles. The van der Waals surface area contributed by atoms with Crippen LogP contribution in [0.4, 0.5) is 0 Å². The van der Waals surface area contributed by atoms with Crippen LogP contribution in [0.1, 0.15) is 41.0 Å². The smallest absolute Gasteiger partial charge is 0.326 e. The van der Waals surface area contributed by atoms with Gasteiger partial charge in [0.2, 0.25) is 0 Å². The molecule has 2 atom stereocenters. The number of carboxylic acids is 1. The Kier molecular flexibility index (Phi) is 5.56. The lowest BCUT2D eigenvalue weighted by Crippen LogP contribution is -2.40. The SMILES string of the molecule is COC1CC(C(=O)O)N(C(=O)c2ccc(C(=O)NC(C)C)cc2)C1. The summed E-state index contributed by atoms with van der Waals surface area (Å²) in [5.74, 6) is -1.64. The summed E-state index contributed by atoms with van der Waals surface area (Å²) in [4.78, 5) is 37.2. The maximum absolute atomic E-state index is 12.6. The zero-order valence-electron chi connectivity index (χ0n) is 14.0. The summed E-state index contributed by atoms with van der Waals surface area (Å²) in [5.41, 5.74) is 0.797. The molecular formula is C17H22N2O5. The lowest BCUT2D eigenvalue weighted by atomic mass is 10.1. The average Bonchev–Trinajstić information content (AvgIpc) is 2.98. The monoisotopic (exact) mass is 334 g/mol. The van der Waals surface area contributed by atoms with Crippen molar-refractivity contribution in [2.24, 2.45) is 0 Å². The molecule has 130 valence electrons. The van der Waals surface area contributed by atoms with E-state index >= 15 is 0 Å². The minimum atomic E-state index is -1.05. The van der Waals surface area contributed by atoms with Crippen molar-refractivity contribution in [2.45, 2.75) is 38.5 Å². The Hall–Kier alpha value is -2.41. The molecule has 1 aliphatic heterocycles. The maximum atomic E-state index is 12.6. The quantitative estimate of drug-likeness (QED) is 0.842. The van der Waals surface area contributed by atoms with Crippen LogP contribution < -0.4 is 5.32 Å². The number of nitrogens with one attached hydrogen (secondary N) is 1. The molecule has 2 amide bonds. The van der Waals surface area contributed by atoms with Crippen molar-refractivity contribution in [3.8, 4) is 0 Å². The highest BCUT2D eigenvalue weighted by Gasteiger charge is 2.40. The van der Waals surface area contributed by atoms with Crippen LogP contribution in [0.25, 0.3) is 0 Å². The van der Waals surface area contributed by atoms with E-state index < -0.39 is 12.0 Å². The number of carbonyl (C=O) groups is 3. The molecule has 0 radical (unpaired) electrons. The number of methoxy groups -OCH3 is 1. The molecule has 0 spiro atoms. The summed E-state index contributed by atoms with van der Waals surface area (Å²) in [7, 11) is 1.50. The molecule has 1 aliphatic rings. The molecule has 1 fully saturated rings. The standard InChI is InChI=1S/C17H22N2O5/c1-10(2)18-15(20)11-4-6-12(7-5-11)16(21)19-9-13(24-3)8-14(19)17(22)23/h4-7,10,13-14H,8-9H2,1-3H3,(H,18,20)(H,22,23). The third-order valence-electron chi connectivity index (χ3n) is 3.96. The minimum Gasteiger partial charge on any atom is -0.480 e. The number of hydrogen-bond donors (Lipinski definition) is 2. The van der Waals surface area contributed by atoms with Crippen molar-refractivity contribution >= 4 is 17.8 Å². The van der Waals surface area contributed by atoms with Gasteiger partial charge in [0.05, 0.1) is 6.10 Å². The number of ether oxygens (including phenoxy) is 1. The van der Waals surface area contributed by atoms with Gasteiger partial charge in [0.15, 0.2) is 0 Å². The summed E-state index contributed by atoms with van der Waals surface area (Å²) in [6.45, 7) is 3.96. The minimum absolute atomic E-state index is 0.0192. The highest BCUT2D eigenvalue weighted by molar-refractivity contribution is 5.99. The Morgan fingerprint density at radius 2 is 1.79 bits per heavy atom. The van der Waals surface area contributed by atoms with E-state index in [1.807, 2.05) is 13.8 Å². The van der Waals surface area contributed by atoms with Crippen LogP contribution in [0, 0.1) is 0 Å². The number of aliphatic carboxylic acids is 1. The summed E-state index contributed by atoms with van der Waals surface area (Å²) in [6.07, 6.45) is -0.0157. The van der Waals surface area contributed by atoms with Gasteiger partial charge in [-0.15, -0.1) is 0 Å². The Bertz CT molecular complexity index is 626. The molecule has 1 aromatic carbocycles. The highest BCUT2D eigenvalue weighted by atomic mass is 16.5. The van der Waals surface area contributed by atoms with Gasteiger partial charge in [0, 0.05) is 37.2 Å². The molecular weight excluding hydrogens is 312 g/mol. The first-order valence-corrected chi connectivity index (χ1v) is 7.81. The molecule has 1 saturated heterocycles. The molecule has 1 aromatic rings. The molecule has 0 aromatic heterocycles. The summed E-state index contributed by atoms with van der Waals surface area (Å²) >= 11 is 0. The molecule has 7 heteroatoms. The Morgan fingerprint density at radius 1 is 1.21 bits per heavy atom. The zero-order chi connectivity index (χ0) is 17.9. The van der Waals surface area contributed by atoms with Gasteiger partial charge >= 0.3 is 5.97 Å². The molecule has 0 aliphatic carbocycles. The number of nitrogens with zero attached hydrogens (tertiary/aromatic N) is 1. The van der Waals surface area contributed by atoms with Gasteiger partial charge < -0.3 is 20.1 Å². The van der Waals surface area contributed by atoms with E-state index in [-0.39, 0.29) is 36.9 Å². The molecule has 1 heterocycles. The van der Waals surface area contributed by atoms with E-state index in [4.69, 9.17) is 4.74 Å². The van der Waals surface area contributed by atoms with E-state index in [2.05, 4.69) is 5.32 Å². The fourth-order valence-corrected chi connectivity index (χ4v) is 2.70. The Balaban J connectivity index is 2.14. The number of likely N-dealkylation sites (tertiary alicyclic amines) is 1.